The number of aliphatic imine (C=N–C) groups is 1. The highest BCUT2D eigenvalue weighted by Gasteiger charge is 2.25. The Morgan fingerprint density at radius 2 is 1.68 bits per heavy atom. The van der Waals surface area contributed by atoms with Gasteiger partial charge in [0.1, 0.15) is 0 Å². The van der Waals surface area contributed by atoms with Crippen molar-refractivity contribution in [1.29, 1.82) is 0 Å². The van der Waals surface area contributed by atoms with Gasteiger partial charge in [0, 0.05) is 39.3 Å². The molecule has 1 aromatic rings. The summed E-state index contributed by atoms with van der Waals surface area (Å²) in [6.07, 6.45) is 3.49. The molecule has 1 aliphatic heterocycles. The first-order chi connectivity index (χ1) is 14.9. The Hall–Kier alpha value is -1.63. The standard InChI is InChI=1S/C25H44N4O2/c1-6-25(7-2,13-14-30)19-28-24(26-8-3)27-15-22-9-11-23(12-10-22)18-29-16-20(4)31-21(5)17-29/h9-12,20-21,30H,6-8,13-19H2,1-5H3,(H2,26,27,28). The van der Waals surface area contributed by atoms with Gasteiger partial charge in [-0.2, -0.15) is 0 Å². The minimum atomic E-state index is 0.112. The van der Waals surface area contributed by atoms with Crippen molar-refractivity contribution in [2.75, 3.05) is 32.8 Å². The van der Waals surface area contributed by atoms with E-state index in [-0.39, 0.29) is 12.0 Å². The number of rotatable bonds is 11. The van der Waals surface area contributed by atoms with Crippen LogP contribution in [0.1, 0.15) is 65.0 Å². The van der Waals surface area contributed by atoms with Crippen LogP contribution in [0.2, 0.25) is 0 Å². The average Bonchev–Trinajstić information content (AvgIpc) is 2.75. The summed E-state index contributed by atoms with van der Waals surface area (Å²) < 4.78 is 5.84. The van der Waals surface area contributed by atoms with Crippen LogP contribution in [0.3, 0.4) is 0 Å². The lowest BCUT2D eigenvalue weighted by atomic mass is 9.79. The largest absolute Gasteiger partial charge is 0.396 e. The van der Waals surface area contributed by atoms with E-state index in [0.717, 1.165) is 57.9 Å². The van der Waals surface area contributed by atoms with Crippen molar-refractivity contribution in [3.05, 3.63) is 35.4 Å². The summed E-state index contributed by atoms with van der Waals surface area (Å²) in [4.78, 5) is 7.26. The molecule has 6 heteroatoms. The average molecular weight is 433 g/mol. The van der Waals surface area contributed by atoms with Crippen LogP contribution in [0.4, 0.5) is 0 Å². The topological polar surface area (TPSA) is 69.1 Å². The lowest BCUT2D eigenvalue weighted by Crippen LogP contribution is -2.44. The zero-order valence-electron chi connectivity index (χ0n) is 20.3. The molecule has 3 N–H and O–H groups in total. The van der Waals surface area contributed by atoms with E-state index in [0.29, 0.717) is 18.8 Å². The van der Waals surface area contributed by atoms with E-state index in [1.165, 1.54) is 11.1 Å². The number of hydrogen-bond donors (Lipinski definition) is 3. The normalized spacial score (nSPS) is 20.6. The number of nitrogens with one attached hydrogen (secondary N) is 2. The molecule has 1 saturated heterocycles. The molecular formula is C25H44N4O2. The number of hydrogen-bond acceptors (Lipinski definition) is 4. The zero-order chi connectivity index (χ0) is 22.7. The molecule has 1 aliphatic rings. The second-order valence-electron chi connectivity index (χ2n) is 9.00. The third-order valence-corrected chi connectivity index (χ3v) is 6.46. The summed E-state index contributed by atoms with van der Waals surface area (Å²) in [6, 6.07) is 8.81. The van der Waals surface area contributed by atoms with Crippen LogP contribution in [-0.2, 0) is 17.8 Å². The number of aliphatic hydroxyl groups excluding tert-OH is 1. The van der Waals surface area contributed by atoms with Gasteiger partial charge in [-0.15, -0.1) is 0 Å². The molecule has 0 aromatic heterocycles. The van der Waals surface area contributed by atoms with Gasteiger partial charge in [0.25, 0.3) is 0 Å². The Bertz CT molecular complexity index is 648. The Balaban J connectivity index is 1.93. The number of guanidine groups is 1. The Morgan fingerprint density at radius 3 is 2.23 bits per heavy atom. The molecule has 0 radical (unpaired) electrons. The van der Waals surface area contributed by atoms with E-state index in [1.54, 1.807) is 0 Å². The first-order valence-electron chi connectivity index (χ1n) is 12.0. The van der Waals surface area contributed by atoms with Crippen molar-refractivity contribution in [3.63, 3.8) is 0 Å². The fourth-order valence-corrected chi connectivity index (χ4v) is 4.38. The maximum absolute atomic E-state index is 9.45. The maximum Gasteiger partial charge on any atom is 0.191 e. The second kappa shape index (κ2) is 13.0. The van der Waals surface area contributed by atoms with Crippen LogP contribution in [-0.4, -0.2) is 61.0 Å². The van der Waals surface area contributed by atoms with Crippen LogP contribution < -0.4 is 10.6 Å². The third kappa shape index (κ3) is 8.43. The van der Waals surface area contributed by atoms with Gasteiger partial charge in [0.15, 0.2) is 5.96 Å². The van der Waals surface area contributed by atoms with Gasteiger partial charge in [-0.3, -0.25) is 4.90 Å². The first kappa shape index (κ1) is 25.6. The number of aliphatic hydroxyl groups is 1. The third-order valence-electron chi connectivity index (χ3n) is 6.46. The molecule has 31 heavy (non-hydrogen) atoms. The molecule has 0 bridgehead atoms. The summed E-state index contributed by atoms with van der Waals surface area (Å²) in [6.45, 7) is 16.2. The lowest BCUT2D eigenvalue weighted by molar-refractivity contribution is -0.0704. The Labute approximate surface area is 189 Å². The van der Waals surface area contributed by atoms with Crippen LogP contribution in [0, 0.1) is 5.41 Å². The van der Waals surface area contributed by atoms with E-state index >= 15 is 0 Å². The molecule has 0 spiro atoms. The highest BCUT2D eigenvalue weighted by molar-refractivity contribution is 5.79. The quantitative estimate of drug-likeness (QED) is 0.369. The number of nitrogens with zero attached hydrogens (tertiary/aromatic N) is 2. The van der Waals surface area contributed by atoms with E-state index in [4.69, 9.17) is 9.73 Å². The SMILES string of the molecule is CCNC(=NCc1ccc(CN2CC(C)OC(C)C2)cc1)NCC(CC)(CC)CCO. The second-order valence-corrected chi connectivity index (χ2v) is 9.00. The van der Waals surface area contributed by atoms with Crippen molar-refractivity contribution >= 4 is 5.96 Å². The van der Waals surface area contributed by atoms with Crippen molar-refractivity contribution in [2.24, 2.45) is 10.4 Å². The smallest absolute Gasteiger partial charge is 0.191 e. The molecule has 6 nitrogen and oxygen atoms in total. The van der Waals surface area contributed by atoms with Crippen molar-refractivity contribution in [1.82, 2.24) is 15.5 Å². The van der Waals surface area contributed by atoms with Crippen LogP contribution in [0.25, 0.3) is 0 Å². The lowest BCUT2D eigenvalue weighted by Gasteiger charge is -2.35. The van der Waals surface area contributed by atoms with E-state index in [2.05, 4.69) is 74.4 Å². The summed E-state index contributed by atoms with van der Waals surface area (Å²) in [7, 11) is 0. The predicted octanol–water partition coefficient (Wildman–Crippen LogP) is 3.54. The van der Waals surface area contributed by atoms with Crippen LogP contribution in [0.15, 0.2) is 29.3 Å². The van der Waals surface area contributed by atoms with Gasteiger partial charge in [0.2, 0.25) is 0 Å². The fourth-order valence-electron chi connectivity index (χ4n) is 4.38. The van der Waals surface area contributed by atoms with Crippen LogP contribution >= 0.6 is 0 Å². The number of ether oxygens (including phenoxy) is 1. The zero-order valence-corrected chi connectivity index (χ0v) is 20.3. The highest BCUT2D eigenvalue weighted by Crippen LogP contribution is 2.29. The summed E-state index contributed by atoms with van der Waals surface area (Å²) in [5, 5.41) is 16.3. The van der Waals surface area contributed by atoms with Gasteiger partial charge in [0.05, 0.1) is 18.8 Å². The van der Waals surface area contributed by atoms with Crippen molar-refractivity contribution < 1.29 is 9.84 Å². The summed E-state index contributed by atoms with van der Waals surface area (Å²) in [5.74, 6) is 0.840. The fraction of sp³-hybridized carbons (Fsp3) is 0.720. The van der Waals surface area contributed by atoms with E-state index in [9.17, 15) is 5.11 Å². The summed E-state index contributed by atoms with van der Waals surface area (Å²) in [5.41, 5.74) is 2.65. The monoisotopic (exact) mass is 432 g/mol. The van der Waals surface area contributed by atoms with Crippen molar-refractivity contribution in [2.45, 2.75) is 79.2 Å². The van der Waals surface area contributed by atoms with E-state index < -0.39 is 0 Å². The minimum Gasteiger partial charge on any atom is -0.396 e. The molecule has 1 fully saturated rings. The molecule has 2 unspecified atom stereocenters. The molecule has 1 heterocycles. The summed E-state index contributed by atoms with van der Waals surface area (Å²) >= 11 is 0. The Morgan fingerprint density at radius 1 is 1.06 bits per heavy atom. The minimum absolute atomic E-state index is 0.112. The predicted molar refractivity (Wildman–Crippen MR) is 129 cm³/mol. The molecule has 0 amide bonds. The maximum atomic E-state index is 9.45. The first-order valence-corrected chi connectivity index (χ1v) is 12.0. The van der Waals surface area contributed by atoms with Gasteiger partial charge < -0.3 is 20.5 Å². The van der Waals surface area contributed by atoms with Gasteiger partial charge in [-0.25, -0.2) is 4.99 Å². The molecule has 0 aliphatic carbocycles. The molecule has 2 atom stereocenters. The van der Waals surface area contributed by atoms with E-state index in [1.807, 2.05) is 0 Å². The highest BCUT2D eigenvalue weighted by atomic mass is 16.5. The molecule has 2 rings (SSSR count). The number of morpholine rings is 1. The number of benzene rings is 1. The van der Waals surface area contributed by atoms with Crippen LogP contribution in [0.5, 0.6) is 0 Å². The molecule has 1 aromatic carbocycles. The van der Waals surface area contributed by atoms with Crippen molar-refractivity contribution in [3.8, 4) is 0 Å². The van der Waals surface area contributed by atoms with Gasteiger partial charge in [-0.05, 0) is 56.6 Å². The van der Waals surface area contributed by atoms with Gasteiger partial charge in [-0.1, -0.05) is 38.1 Å². The molecule has 176 valence electrons. The Kier molecular flexibility index (Phi) is 10.8. The molecule has 0 saturated carbocycles. The van der Waals surface area contributed by atoms with Gasteiger partial charge >= 0.3 is 0 Å². The molecular weight excluding hydrogens is 388 g/mol.